The molecular weight excluding hydrogens is 377 g/mol. The lowest BCUT2D eigenvalue weighted by atomic mass is 9.83. The minimum Gasteiger partial charge on any atom is -0.545 e. The fraction of sp³-hybridized carbons (Fsp3) is 0.765. The smallest absolute Gasteiger partial charge is 0.472 e. The van der Waals surface area contributed by atoms with Crippen LogP contribution in [0.3, 0.4) is 0 Å². The third-order valence-electron chi connectivity index (χ3n) is 3.87. The van der Waals surface area contributed by atoms with Crippen molar-refractivity contribution < 1.29 is 42.8 Å². The summed E-state index contributed by atoms with van der Waals surface area (Å²) < 4.78 is 20.9. The predicted octanol–water partition coefficient (Wildman–Crippen LogP) is 1.17. The molecule has 1 fully saturated rings. The van der Waals surface area contributed by atoms with Gasteiger partial charge in [0.05, 0.1) is 33.7 Å². The molecule has 0 bridgehead atoms. The molecule has 0 aliphatic heterocycles. The van der Waals surface area contributed by atoms with Gasteiger partial charge in [0.1, 0.15) is 13.2 Å². The van der Waals surface area contributed by atoms with Gasteiger partial charge in [0.25, 0.3) is 0 Å². The molecule has 1 saturated carbocycles. The van der Waals surface area contributed by atoms with Crippen LogP contribution in [0, 0.1) is 5.92 Å². The second-order valence-electron chi connectivity index (χ2n) is 7.29. The Morgan fingerprint density at radius 2 is 1.74 bits per heavy atom. The molecule has 0 amide bonds. The standard InChI is InChI=1S/C10H14O4.C7H18NO4P/c11-9(12)6-8(10(13)14)7-4-2-1-3-5-7;1-5-11-13(9,10)12-7-6-8(2,3)4/h6-7H,1-5H2,(H,11,12)(H,13,14);5-7H2,1-4H3/b8-6+;. The van der Waals surface area contributed by atoms with Gasteiger partial charge in [-0.05, 0) is 31.8 Å². The van der Waals surface area contributed by atoms with E-state index >= 15 is 0 Å². The number of rotatable bonds is 9. The minimum absolute atomic E-state index is 0.00954. The molecule has 0 aromatic rings. The highest BCUT2D eigenvalue weighted by Gasteiger charge is 2.22. The fourth-order valence-electron chi connectivity index (χ4n) is 2.53. The van der Waals surface area contributed by atoms with E-state index in [1.54, 1.807) is 6.92 Å². The number of hydrogen-bond acceptors (Lipinski definition) is 6. The van der Waals surface area contributed by atoms with Gasteiger partial charge in [0.15, 0.2) is 0 Å². The van der Waals surface area contributed by atoms with Crippen LogP contribution in [0.1, 0.15) is 39.0 Å². The fourth-order valence-corrected chi connectivity index (χ4v) is 3.24. The summed E-state index contributed by atoms with van der Waals surface area (Å²) in [5, 5.41) is 19.1. The maximum atomic E-state index is 11.0. The first-order chi connectivity index (χ1) is 12.4. The quantitative estimate of drug-likeness (QED) is 0.329. The van der Waals surface area contributed by atoms with Gasteiger partial charge in [-0.1, -0.05) is 19.3 Å². The van der Waals surface area contributed by atoms with Crippen LogP contribution >= 0.6 is 7.82 Å². The lowest BCUT2D eigenvalue weighted by Gasteiger charge is -2.23. The summed E-state index contributed by atoms with van der Waals surface area (Å²) in [6, 6.07) is 0. The van der Waals surface area contributed by atoms with Crippen molar-refractivity contribution in [1.82, 2.24) is 0 Å². The zero-order chi connectivity index (χ0) is 21.1. The van der Waals surface area contributed by atoms with Crippen LogP contribution in [0.2, 0.25) is 0 Å². The first kappa shape index (κ1) is 25.8. The van der Waals surface area contributed by atoms with Crippen molar-refractivity contribution in [3.8, 4) is 0 Å². The topological polar surface area (TPSA) is 133 Å². The molecule has 0 aromatic heterocycles. The molecule has 1 aliphatic carbocycles. The summed E-state index contributed by atoms with van der Waals surface area (Å²) in [5.41, 5.74) is -0.00954. The number of carboxylic acids is 2. The van der Waals surface area contributed by atoms with Crippen LogP contribution in [-0.4, -0.2) is 67.3 Å². The van der Waals surface area contributed by atoms with Crippen molar-refractivity contribution >= 4 is 19.8 Å². The average Bonchev–Trinajstić information content (AvgIpc) is 2.52. The van der Waals surface area contributed by atoms with Gasteiger partial charge >= 0.3 is 13.8 Å². The Labute approximate surface area is 160 Å². The Bertz CT molecular complexity index is 550. The number of carboxylic acid groups (broad SMARTS) is 2. The predicted molar refractivity (Wildman–Crippen MR) is 97.6 cm³/mol. The summed E-state index contributed by atoms with van der Waals surface area (Å²) in [4.78, 5) is 30.1. The van der Waals surface area contributed by atoms with Crippen molar-refractivity contribution in [2.24, 2.45) is 5.92 Å². The zero-order valence-electron chi connectivity index (χ0n) is 16.5. The monoisotopic (exact) mass is 409 g/mol. The number of quaternary nitrogens is 1. The number of phosphoric ester groups is 1. The number of likely N-dealkylation sites (N-methyl/N-ethyl adjacent to an activating group) is 1. The Morgan fingerprint density at radius 1 is 1.19 bits per heavy atom. The third-order valence-corrected chi connectivity index (χ3v) is 4.97. The van der Waals surface area contributed by atoms with E-state index in [0.29, 0.717) is 11.0 Å². The maximum Gasteiger partial charge on any atom is 0.472 e. The molecule has 9 nitrogen and oxygen atoms in total. The summed E-state index contributed by atoms with van der Waals surface area (Å²) in [7, 11) is 2.15. The largest absolute Gasteiger partial charge is 0.545 e. The number of carbonyl (C=O) groups is 2. The van der Waals surface area contributed by atoms with E-state index < -0.39 is 19.8 Å². The van der Waals surface area contributed by atoms with Crippen molar-refractivity contribution in [2.45, 2.75) is 39.0 Å². The van der Waals surface area contributed by atoms with E-state index in [1.807, 2.05) is 21.1 Å². The molecule has 0 heterocycles. The molecule has 0 saturated heterocycles. The van der Waals surface area contributed by atoms with Gasteiger partial charge in [-0.3, -0.25) is 9.05 Å². The number of aliphatic carboxylic acids is 2. The number of hydrogen-bond donors (Lipinski definition) is 2. The highest BCUT2D eigenvalue weighted by molar-refractivity contribution is 7.47. The van der Waals surface area contributed by atoms with E-state index in [1.165, 1.54) is 0 Å². The van der Waals surface area contributed by atoms with Crippen LogP contribution in [-0.2, 0) is 23.2 Å². The van der Waals surface area contributed by atoms with Crippen LogP contribution in [0.4, 0.5) is 0 Å². The highest BCUT2D eigenvalue weighted by atomic mass is 31.2. The van der Waals surface area contributed by atoms with Crippen molar-refractivity contribution in [1.29, 1.82) is 0 Å². The molecule has 1 atom stereocenters. The van der Waals surface area contributed by atoms with Gasteiger partial charge in [0, 0.05) is 5.57 Å². The lowest BCUT2D eigenvalue weighted by Crippen LogP contribution is -2.37. The molecule has 10 heteroatoms. The molecule has 2 N–H and O–H groups in total. The van der Waals surface area contributed by atoms with Crippen LogP contribution in [0.15, 0.2) is 11.6 Å². The van der Waals surface area contributed by atoms with Gasteiger partial charge in [-0.25, -0.2) is 9.36 Å². The van der Waals surface area contributed by atoms with Crippen LogP contribution < -0.4 is 5.11 Å². The van der Waals surface area contributed by atoms with E-state index in [4.69, 9.17) is 14.5 Å². The molecule has 1 rings (SSSR count). The van der Waals surface area contributed by atoms with Gasteiger partial charge < -0.3 is 24.4 Å². The number of nitrogens with zero attached hydrogens (tertiary/aromatic N) is 1. The van der Waals surface area contributed by atoms with Gasteiger partial charge in [0.2, 0.25) is 0 Å². The first-order valence-electron chi connectivity index (χ1n) is 8.96. The van der Waals surface area contributed by atoms with E-state index in [-0.39, 0.29) is 24.7 Å². The second kappa shape index (κ2) is 12.3. The number of carbonyl (C=O) groups excluding carboxylic acids is 1. The average molecular weight is 409 g/mol. The lowest BCUT2D eigenvalue weighted by molar-refractivity contribution is -0.870. The molecule has 158 valence electrons. The maximum absolute atomic E-state index is 11.0. The highest BCUT2D eigenvalue weighted by Crippen LogP contribution is 2.42. The van der Waals surface area contributed by atoms with Gasteiger partial charge in [-0.2, -0.15) is 0 Å². The zero-order valence-corrected chi connectivity index (χ0v) is 17.4. The summed E-state index contributed by atoms with van der Waals surface area (Å²) in [6.45, 7) is 2.71. The second-order valence-corrected chi connectivity index (χ2v) is 8.75. The SMILES string of the molecule is CCOP(=O)(O)OCC[N+](C)(C)C.O=C([O-])/C=C(/C(=O)O)C1CCCCC1. The Hall–Kier alpha value is -1.25. The molecule has 27 heavy (non-hydrogen) atoms. The van der Waals surface area contributed by atoms with Gasteiger partial charge in [-0.15, -0.1) is 0 Å². The Morgan fingerprint density at radius 3 is 2.15 bits per heavy atom. The number of phosphoric acid groups is 1. The molecule has 1 aliphatic rings. The van der Waals surface area contributed by atoms with Crippen molar-refractivity contribution in [3.63, 3.8) is 0 Å². The van der Waals surface area contributed by atoms with E-state index in [2.05, 4.69) is 4.52 Å². The molecule has 0 radical (unpaired) electrons. The van der Waals surface area contributed by atoms with Crippen molar-refractivity contribution in [3.05, 3.63) is 11.6 Å². The molecule has 0 spiro atoms. The van der Waals surface area contributed by atoms with Crippen molar-refractivity contribution in [2.75, 3.05) is 40.9 Å². The minimum atomic E-state index is -3.79. The normalized spacial score (nSPS) is 18.2. The molecule has 0 aromatic carbocycles. The van der Waals surface area contributed by atoms with E-state index in [9.17, 15) is 19.3 Å². The molecular formula is C17H32NO8P. The van der Waals surface area contributed by atoms with Crippen LogP contribution in [0.5, 0.6) is 0 Å². The first-order valence-corrected chi connectivity index (χ1v) is 10.5. The third kappa shape index (κ3) is 13.5. The molecule has 1 unspecified atom stereocenters. The summed E-state index contributed by atoms with van der Waals surface area (Å²) in [5.74, 6) is -2.67. The Kier molecular flexibility index (Phi) is 11.7. The summed E-state index contributed by atoms with van der Waals surface area (Å²) >= 11 is 0. The van der Waals surface area contributed by atoms with Crippen LogP contribution in [0.25, 0.3) is 0 Å². The summed E-state index contributed by atoms with van der Waals surface area (Å²) in [6.07, 6.45) is 5.31. The Balaban J connectivity index is 0.000000503. The van der Waals surface area contributed by atoms with E-state index in [0.717, 1.165) is 38.2 Å².